The first-order chi connectivity index (χ1) is 25.6. The van der Waals surface area contributed by atoms with Crippen LogP contribution in [0.25, 0.3) is 0 Å². The van der Waals surface area contributed by atoms with E-state index in [0.29, 0.717) is 12.8 Å². The molecule has 0 spiro atoms. The van der Waals surface area contributed by atoms with Crippen LogP contribution in [0.1, 0.15) is 75.0 Å². The third-order valence-electron chi connectivity index (χ3n) is 9.88. The summed E-state index contributed by atoms with van der Waals surface area (Å²) in [5.41, 5.74) is 4.00. The molecule has 5 nitrogen and oxygen atoms in total. The molecule has 2 unspecified atom stereocenters. The van der Waals surface area contributed by atoms with Crippen LogP contribution in [0.2, 0.25) is 0 Å². The van der Waals surface area contributed by atoms with Crippen LogP contribution in [0.3, 0.4) is 0 Å². The summed E-state index contributed by atoms with van der Waals surface area (Å²) in [6.45, 7) is 9.11. The summed E-state index contributed by atoms with van der Waals surface area (Å²) in [5, 5.41) is 0. The van der Waals surface area contributed by atoms with Crippen LogP contribution in [0.5, 0.6) is 34.5 Å². The smallest absolute Gasteiger partial charge is 0.127 e. The SMILES string of the molecule is COc1ccc(C(C)(C)CC(OC(CC(C)(C)c2ccc(OC)cc2)c2cccc(Oc3ccccc3)c2)c2cccc(Oc3ccccc3)c2)cc1. The van der Waals surface area contributed by atoms with Gasteiger partial charge in [-0.15, -0.1) is 0 Å². The molecule has 0 aromatic heterocycles. The number of hydrogen-bond donors (Lipinski definition) is 0. The molecule has 0 saturated carbocycles. The monoisotopic (exact) mass is 706 g/mol. The highest BCUT2D eigenvalue weighted by Crippen LogP contribution is 2.44. The minimum absolute atomic E-state index is 0.248. The number of rotatable bonds is 16. The average Bonchev–Trinajstić information content (AvgIpc) is 3.18. The lowest BCUT2D eigenvalue weighted by molar-refractivity contribution is -0.0413. The van der Waals surface area contributed by atoms with Gasteiger partial charge in [0.05, 0.1) is 26.4 Å². The van der Waals surface area contributed by atoms with E-state index in [-0.39, 0.29) is 23.0 Å². The van der Waals surface area contributed by atoms with Gasteiger partial charge in [-0.3, -0.25) is 0 Å². The Kier molecular flexibility index (Phi) is 11.9. The number of methoxy groups -OCH3 is 2. The predicted molar refractivity (Wildman–Crippen MR) is 214 cm³/mol. The summed E-state index contributed by atoms with van der Waals surface area (Å²) >= 11 is 0. The Bertz CT molecular complexity index is 1870. The molecule has 0 saturated heterocycles. The number of ether oxygens (including phenoxy) is 5. The van der Waals surface area contributed by atoms with Crippen LogP contribution in [-0.4, -0.2) is 14.2 Å². The molecular formula is C48H50O5. The third kappa shape index (κ3) is 9.88. The van der Waals surface area contributed by atoms with Crippen molar-refractivity contribution in [3.8, 4) is 34.5 Å². The fourth-order valence-electron chi connectivity index (χ4n) is 6.74. The van der Waals surface area contributed by atoms with Crippen molar-refractivity contribution in [2.45, 2.75) is 63.6 Å². The zero-order valence-electron chi connectivity index (χ0n) is 31.6. The number of benzene rings is 6. The van der Waals surface area contributed by atoms with E-state index in [4.69, 9.17) is 23.7 Å². The van der Waals surface area contributed by atoms with Crippen molar-refractivity contribution < 1.29 is 23.7 Å². The molecule has 6 rings (SSSR count). The van der Waals surface area contributed by atoms with Gasteiger partial charge in [-0.25, -0.2) is 0 Å². The zero-order chi connectivity index (χ0) is 37.3. The maximum absolute atomic E-state index is 7.48. The van der Waals surface area contributed by atoms with Crippen LogP contribution in [0.15, 0.2) is 158 Å². The van der Waals surface area contributed by atoms with Crippen molar-refractivity contribution in [1.82, 2.24) is 0 Å². The van der Waals surface area contributed by atoms with Gasteiger partial charge in [0.1, 0.15) is 34.5 Å². The Morgan fingerprint density at radius 1 is 0.396 bits per heavy atom. The third-order valence-corrected chi connectivity index (χ3v) is 9.88. The molecule has 0 bridgehead atoms. The van der Waals surface area contributed by atoms with Crippen molar-refractivity contribution in [3.05, 3.63) is 180 Å². The van der Waals surface area contributed by atoms with Gasteiger partial charge in [0.25, 0.3) is 0 Å². The summed E-state index contributed by atoms with van der Waals surface area (Å²) < 4.78 is 31.1. The summed E-state index contributed by atoms with van der Waals surface area (Å²) in [5.74, 6) is 4.77. The topological polar surface area (TPSA) is 46.2 Å². The van der Waals surface area contributed by atoms with Gasteiger partial charge in [0.2, 0.25) is 0 Å². The summed E-state index contributed by atoms with van der Waals surface area (Å²) in [4.78, 5) is 0. The molecule has 0 aliphatic rings. The molecule has 0 aliphatic carbocycles. The molecule has 0 aliphatic heterocycles. The summed E-state index contributed by atoms with van der Waals surface area (Å²) in [6.07, 6.45) is 0.852. The zero-order valence-corrected chi connectivity index (χ0v) is 31.6. The fourth-order valence-corrected chi connectivity index (χ4v) is 6.74. The molecule has 0 N–H and O–H groups in total. The number of para-hydroxylation sites is 2. The fraction of sp³-hybridized carbons (Fsp3) is 0.250. The molecule has 6 aromatic carbocycles. The van der Waals surface area contributed by atoms with Crippen LogP contribution in [-0.2, 0) is 15.6 Å². The van der Waals surface area contributed by atoms with Gasteiger partial charge in [0, 0.05) is 0 Å². The molecule has 0 fully saturated rings. The molecule has 0 amide bonds. The van der Waals surface area contributed by atoms with Gasteiger partial charge in [-0.05, 0) is 119 Å². The van der Waals surface area contributed by atoms with Crippen LogP contribution in [0, 0.1) is 0 Å². The van der Waals surface area contributed by atoms with Gasteiger partial charge in [-0.2, -0.15) is 0 Å². The van der Waals surface area contributed by atoms with Crippen LogP contribution < -0.4 is 18.9 Å². The molecule has 0 heterocycles. The largest absolute Gasteiger partial charge is 0.497 e. The Morgan fingerprint density at radius 2 is 0.755 bits per heavy atom. The van der Waals surface area contributed by atoms with Crippen molar-refractivity contribution >= 4 is 0 Å². The first kappa shape index (κ1) is 37.2. The van der Waals surface area contributed by atoms with Crippen molar-refractivity contribution in [2.75, 3.05) is 14.2 Å². The molecule has 53 heavy (non-hydrogen) atoms. The first-order valence-electron chi connectivity index (χ1n) is 18.2. The standard InChI is InChI=1S/C48H50O5/c1-47(2,37-23-27-39(49-5)28-24-37)33-45(35-15-13-21-43(31-35)51-41-17-9-7-10-18-41)53-46(34-48(3,4)38-25-29-40(50-6)30-26-38)36-16-14-22-44(32-36)52-42-19-11-8-12-20-42/h7-32,45-46H,33-34H2,1-6H3. The number of hydrogen-bond acceptors (Lipinski definition) is 5. The van der Waals surface area contributed by atoms with Gasteiger partial charge < -0.3 is 23.7 Å². The van der Waals surface area contributed by atoms with E-state index < -0.39 is 0 Å². The molecule has 272 valence electrons. The van der Waals surface area contributed by atoms with E-state index in [0.717, 1.165) is 45.6 Å². The minimum atomic E-state index is -0.290. The summed E-state index contributed by atoms with van der Waals surface area (Å²) in [6, 6.07) is 53.1. The highest BCUT2D eigenvalue weighted by atomic mass is 16.5. The maximum Gasteiger partial charge on any atom is 0.127 e. The highest BCUT2D eigenvalue weighted by molar-refractivity contribution is 5.39. The van der Waals surface area contributed by atoms with Gasteiger partial charge in [-0.1, -0.05) is 113 Å². The maximum atomic E-state index is 7.48. The second-order valence-corrected chi connectivity index (χ2v) is 14.7. The minimum Gasteiger partial charge on any atom is -0.497 e. The normalized spacial score (nSPS) is 12.8. The van der Waals surface area contributed by atoms with Gasteiger partial charge in [0.15, 0.2) is 0 Å². The molecule has 0 radical (unpaired) electrons. The quantitative estimate of drug-likeness (QED) is 0.100. The molecule has 2 atom stereocenters. The lowest BCUT2D eigenvalue weighted by atomic mass is 9.77. The van der Waals surface area contributed by atoms with Crippen LogP contribution in [0.4, 0.5) is 0 Å². The van der Waals surface area contributed by atoms with E-state index in [1.165, 1.54) is 11.1 Å². The first-order valence-corrected chi connectivity index (χ1v) is 18.2. The van der Waals surface area contributed by atoms with Crippen molar-refractivity contribution in [2.24, 2.45) is 0 Å². The van der Waals surface area contributed by atoms with E-state index in [2.05, 4.69) is 88.4 Å². The van der Waals surface area contributed by atoms with E-state index >= 15 is 0 Å². The average molecular weight is 707 g/mol. The summed E-state index contributed by atoms with van der Waals surface area (Å²) in [7, 11) is 3.39. The van der Waals surface area contributed by atoms with E-state index in [1.807, 2.05) is 97.1 Å². The highest BCUT2D eigenvalue weighted by Gasteiger charge is 2.33. The van der Waals surface area contributed by atoms with E-state index in [1.54, 1.807) is 14.2 Å². The Balaban J connectivity index is 1.40. The predicted octanol–water partition coefficient (Wildman–Crippen LogP) is 12.8. The van der Waals surface area contributed by atoms with Crippen LogP contribution >= 0.6 is 0 Å². The Labute approximate surface area is 315 Å². The van der Waals surface area contributed by atoms with Crippen molar-refractivity contribution in [3.63, 3.8) is 0 Å². The van der Waals surface area contributed by atoms with Gasteiger partial charge >= 0.3 is 0 Å². The molecule has 6 aromatic rings. The Hall–Kier alpha value is -5.52. The second-order valence-electron chi connectivity index (χ2n) is 14.7. The van der Waals surface area contributed by atoms with Crippen molar-refractivity contribution in [1.29, 1.82) is 0 Å². The Morgan fingerprint density at radius 3 is 1.11 bits per heavy atom. The molecule has 5 heteroatoms. The lowest BCUT2D eigenvalue weighted by Gasteiger charge is -2.36. The second kappa shape index (κ2) is 16.9. The van der Waals surface area contributed by atoms with E-state index in [9.17, 15) is 0 Å². The lowest BCUT2D eigenvalue weighted by Crippen LogP contribution is -2.26. The molecular weight excluding hydrogens is 657 g/mol.